The first kappa shape index (κ1) is 10.4. The normalized spacial score (nSPS) is 37.3. The third kappa shape index (κ3) is 2.45. The maximum atomic E-state index is 5.97. The van der Waals surface area contributed by atoms with E-state index >= 15 is 0 Å². The van der Waals surface area contributed by atoms with Crippen molar-refractivity contribution in [3.63, 3.8) is 0 Å². The Kier molecular flexibility index (Phi) is 3.38. The lowest BCUT2D eigenvalue weighted by molar-refractivity contribution is -0.0608. The third-order valence-electron chi connectivity index (χ3n) is 3.27. The number of hydrogen-bond acceptors (Lipinski definition) is 4. The van der Waals surface area contributed by atoms with Crippen LogP contribution in [-0.2, 0) is 0 Å². The summed E-state index contributed by atoms with van der Waals surface area (Å²) in [6.07, 6.45) is 4.81. The van der Waals surface area contributed by atoms with Crippen LogP contribution in [0, 0.1) is 0 Å². The number of nitrogens with two attached hydrogens (primary N) is 2. The zero-order valence-electron chi connectivity index (χ0n) is 8.86. The fourth-order valence-corrected chi connectivity index (χ4v) is 2.49. The van der Waals surface area contributed by atoms with Crippen molar-refractivity contribution in [1.82, 2.24) is 10.0 Å². The summed E-state index contributed by atoms with van der Waals surface area (Å²) in [5.74, 6) is 0. The van der Waals surface area contributed by atoms with Crippen molar-refractivity contribution in [3.8, 4) is 0 Å². The van der Waals surface area contributed by atoms with E-state index in [1.54, 1.807) is 0 Å². The van der Waals surface area contributed by atoms with Gasteiger partial charge in [-0.2, -0.15) is 0 Å². The minimum Gasteiger partial charge on any atom is -0.326 e. The van der Waals surface area contributed by atoms with Crippen LogP contribution >= 0.6 is 0 Å². The van der Waals surface area contributed by atoms with E-state index < -0.39 is 0 Å². The summed E-state index contributed by atoms with van der Waals surface area (Å²) in [7, 11) is 0. The van der Waals surface area contributed by atoms with Gasteiger partial charge in [-0.3, -0.25) is 0 Å². The van der Waals surface area contributed by atoms with E-state index in [0.717, 1.165) is 13.1 Å². The molecule has 2 aliphatic rings. The van der Waals surface area contributed by atoms with Gasteiger partial charge >= 0.3 is 0 Å². The van der Waals surface area contributed by atoms with Gasteiger partial charge in [-0.25, -0.2) is 10.0 Å². The van der Waals surface area contributed by atoms with Crippen LogP contribution in [0.3, 0.4) is 0 Å². The zero-order chi connectivity index (χ0) is 9.97. The molecule has 0 spiro atoms. The van der Waals surface area contributed by atoms with E-state index in [4.69, 9.17) is 11.5 Å². The van der Waals surface area contributed by atoms with Crippen molar-refractivity contribution in [2.75, 3.05) is 26.2 Å². The number of piperidine rings is 2. The topological polar surface area (TPSA) is 58.5 Å². The van der Waals surface area contributed by atoms with Gasteiger partial charge in [0.2, 0.25) is 0 Å². The van der Waals surface area contributed by atoms with E-state index in [2.05, 4.69) is 10.0 Å². The number of nitrogens with zero attached hydrogens (tertiary/aromatic N) is 2. The van der Waals surface area contributed by atoms with Gasteiger partial charge in [0, 0.05) is 38.3 Å². The van der Waals surface area contributed by atoms with Crippen LogP contribution in [0.25, 0.3) is 0 Å². The minimum atomic E-state index is 0.363. The van der Waals surface area contributed by atoms with Gasteiger partial charge in [-0.05, 0) is 25.7 Å². The molecule has 4 N–H and O–H groups in total. The largest absolute Gasteiger partial charge is 0.326 e. The average Bonchev–Trinajstić information content (AvgIpc) is 2.18. The summed E-state index contributed by atoms with van der Waals surface area (Å²) in [4.78, 5) is 0. The lowest BCUT2D eigenvalue weighted by Crippen LogP contribution is -2.56. The first-order valence-electron chi connectivity index (χ1n) is 5.76. The minimum absolute atomic E-state index is 0.363. The Morgan fingerprint density at radius 3 is 1.57 bits per heavy atom. The summed E-state index contributed by atoms with van der Waals surface area (Å²) in [5.41, 5.74) is 11.9. The standard InChI is InChI=1S/C10H22N4/c11-9-3-1-5-13(7-9)14-6-2-4-10(12)8-14/h9-10H,1-8,11-12H2. The zero-order valence-corrected chi connectivity index (χ0v) is 8.86. The highest BCUT2D eigenvalue weighted by Gasteiger charge is 2.25. The Balaban J connectivity index is 1.86. The second-order valence-corrected chi connectivity index (χ2v) is 4.63. The molecule has 0 aromatic rings. The van der Waals surface area contributed by atoms with E-state index in [-0.39, 0.29) is 0 Å². The molecule has 2 fully saturated rings. The van der Waals surface area contributed by atoms with E-state index in [0.29, 0.717) is 12.1 Å². The highest BCUT2D eigenvalue weighted by Crippen LogP contribution is 2.15. The maximum absolute atomic E-state index is 5.97. The lowest BCUT2D eigenvalue weighted by atomic mass is 10.1. The molecule has 0 aromatic carbocycles. The fraction of sp³-hybridized carbons (Fsp3) is 1.00. The van der Waals surface area contributed by atoms with Gasteiger partial charge in [0.25, 0.3) is 0 Å². The van der Waals surface area contributed by atoms with Crippen molar-refractivity contribution in [2.45, 2.75) is 37.8 Å². The Hall–Kier alpha value is -0.160. The first-order valence-corrected chi connectivity index (χ1v) is 5.76. The van der Waals surface area contributed by atoms with Crippen LogP contribution in [0.5, 0.6) is 0 Å². The summed E-state index contributed by atoms with van der Waals surface area (Å²) in [6, 6.07) is 0.726. The number of hydrogen-bond donors (Lipinski definition) is 2. The molecule has 2 saturated heterocycles. The molecule has 0 amide bonds. The van der Waals surface area contributed by atoms with Crippen LogP contribution in [0.4, 0.5) is 0 Å². The third-order valence-corrected chi connectivity index (χ3v) is 3.27. The van der Waals surface area contributed by atoms with Crippen molar-refractivity contribution in [1.29, 1.82) is 0 Å². The maximum Gasteiger partial charge on any atom is 0.0285 e. The fourth-order valence-electron chi connectivity index (χ4n) is 2.49. The van der Waals surface area contributed by atoms with E-state index in [1.807, 2.05) is 0 Å². The van der Waals surface area contributed by atoms with Crippen LogP contribution in [0.1, 0.15) is 25.7 Å². The SMILES string of the molecule is NC1CCCN(N2CCCC(N)C2)C1. The molecule has 2 atom stereocenters. The number of hydrazine groups is 1. The molecule has 82 valence electrons. The second kappa shape index (κ2) is 4.57. The summed E-state index contributed by atoms with van der Waals surface area (Å²) in [6.45, 7) is 4.38. The van der Waals surface area contributed by atoms with Gasteiger partial charge in [0.1, 0.15) is 0 Å². The molecule has 0 aliphatic carbocycles. The van der Waals surface area contributed by atoms with Crippen LogP contribution in [-0.4, -0.2) is 48.3 Å². The Morgan fingerprint density at radius 1 is 0.786 bits per heavy atom. The van der Waals surface area contributed by atoms with Crippen molar-refractivity contribution >= 4 is 0 Å². The van der Waals surface area contributed by atoms with Crippen LogP contribution < -0.4 is 11.5 Å². The molecule has 4 heteroatoms. The molecule has 0 saturated carbocycles. The summed E-state index contributed by atoms with van der Waals surface area (Å²) in [5, 5.41) is 4.82. The highest BCUT2D eigenvalue weighted by molar-refractivity contribution is 4.78. The molecule has 0 aromatic heterocycles. The molecular weight excluding hydrogens is 176 g/mol. The quantitative estimate of drug-likeness (QED) is 0.610. The van der Waals surface area contributed by atoms with E-state index in [1.165, 1.54) is 38.8 Å². The molecule has 2 unspecified atom stereocenters. The average molecular weight is 198 g/mol. The van der Waals surface area contributed by atoms with Crippen molar-refractivity contribution in [3.05, 3.63) is 0 Å². The Labute approximate surface area is 86.2 Å². The van der Waals surface area contributed by atoms with Crippen LogP contribution in [0.2, 0.25) is 0 Å². The van der Waals surface area contributed by atoms with Gasteiger partial charge in [-0.15, -0.1) is 0 Å². The predicted molar refractivity (Wildman–Crippen MR) is 57.6 cm³/mol. The molecular formula is C10H22N4. The molecule has 2 rings (SSSR count). The Bertz CT molecular complexity index is 165. The molecule has 14 heavy (non-hydrogen) atoms. The predicted octanol–water partition coefficient (Wildman–Crippen LogP) is -0.252. The molecule has 2 heterocycles. The summed E-state index contributed by atoms with van der Waals surface area (Å²) < 4.78 is 0. The van der Waals surface area contributed by atoms with E-state index in [9.17, 15) is 0 Å². The number of rotatable bonds is 1. The van der Waals surface area contributed by atoms with Crippen molar-refractivity contribution < 1.29 is 0 Å². The van der Waals surface area contributed by atoms with Gasteiger partial charge in [-0.1, -0.05) is 0 Å². The highest BCUT2D eigenvalue weighted by atomic mass is 15.6. The van der Waals surface area contributed by atoms with Crippen LogP contribution in [0.15, 0.2) is 0 Å². The molecule has 2 aliphatic heterocycles. The Morgan fingerprint density at radius 2 is 1.21 bits per heavy atom. The monoisotopic (exact) mass is 198 g/mol. The molecule has 4 nitrogen and oxygen atoms in total. The van der Waals surface area contributed by atoms with Gasteiger partial charge in [0.05, 0.1) is 0 Å². The lowest BCUT2D eigenvalue weighted by Gasteiger charge is -2.42. The first-order chi connectivity index (χ1) is 6.75. The smallest absolute Gasteiger partial charge is 0.0285 e. The van der Waals surface area contributed by atoms with Gasteiger partial charge < -0.3 is 11.5 Å². The molecule has 0 bridgehead atoms. The van der Waals surface area contributed by atoms with Crippen molar-refractivity contribution in [2.24, 2.45) is 11.5 Å². The second-order valence-electron chi connectivity index (χ2n) is 4.63. The molecule has 0 radical (unpaired) electrons. The summed E-state index contributed by atoms with van der Waals surface area (Å²) >= 11 is 0. The van der Waals surface area contributed by atoms with Gasteiger partial charge in [0.15, 0.2) is 0 Å².